The highest BCUT2D eigenvalue weighted by molar-refractivity contribution is 6.41. The van der Waals surface area contributed by atoms with Crippen molar-refractivity contribution in [1.29, 1.82) is 0 Å². The van der Waals surface area contributed by atoms with E-state index in [2.05, 4.69) is 21.1 Å². The molecule has 7 heteroatoms. The fraction of sp³-hybridized carbons (Fsp3) is 0.118. The van der Waals surface area contributed by atoms with E-state index in [1.807, 2.05) is 12.1 Å². The van der Waals surface area contributed by atoms with Gasteiger partial charge < -0.3 is 5.43 Å². The van der Waals surface area contributed by atoms with Crippen LogP contribution in [-0.4, -0.2) is 24.4 Å². The fourth-order valence-corrected chi connectivity index (χ4v) is 2.47. The van der Waals surface area contributed by atoms with Crippen LogP contribution in [0, 0.1) is 5.82 Å². The lowest BCUT2D eigenvalue weighted by atomic mass is 9.94. The Balaban J connectivity index is 1.65. The van der Waals surface area contributed by atoms with E-state index in [0.717, 1.165) is 5.56 Å². The van der Waals surface area contributed by atoms with Gasteiger partial charge in [-0.25, -0.2) is 9.82 Å². The van der Waals surface area contributed by atoms with Gasteiger partial charge in [-0.3, -0.25) is 4.79 Å². The Morgan fingerprint density at radius 2 is 1.96 bits per heavy atom. The second-order valence-electron chi connectivity index (χ2n) is 5.21. The fourth-order valence-electron chi connectivity index (χ4n) is 2.35. The summed E-state index contributed by atoms with van der Waals surface area (Å²) in [6, 6.07) is 13.1. The van der Waals surface area contributed by atoms with Gasteiger partial charge in [-0.05, 0) is 35.4 Å². The predicted molar refractivity (Wildman–Crippen MR) is 91.8 cm³/mol. The Morgan fingerprint density at radius 3 is 2.67 bits per heavy atom. The number of hydrazone groups is 2. The van der Waals surface area contributed by atoms with Crippen molar-refractivity contribution in [1.82, 2.24) is 10.9 Å². The molecule has 1 amide bonds. The molecule has 2 N–H and O–H groups in total. The molecule has 0 spiro atoms. The summed E-state index contributed by atoms with van der Waals surface area (Å²) in [6.07, 6.45) is 1.44. The SMILES string of the molecule is O=C(N/N=C/c1ccc(F)cc1)C1=NNCC1c1ccc(Cl)cc1. The summed E-state index contributed by atoms with van der Waals surface area (Å²) >= 11 is 5.89. The Hall–Kier alpha value is -2.73. The van der Waals surface area contributed by atoms with Crippen LogP contribution >= 0.6 is 11.6 Å². The summed E-state index contributed by atoms with van der Waals surface area (Å²) in [5.74, 6) is -0.880. The van der Waals surface area contributed by atoms with Crippen molar-refractivity contribution in [2.75, 3.05) is 6.54 Å². The molecular weight excluding hydrogens is 331 g/mol. The number of rotatable bonds is 4. The average molecular weight is 345 g/mol. The van der Waals surface area contributed by atoms with E-state index in [9.17, 15) is 9.18 Å². The standard InChI is InChI=1S/C17H14ClFN4O/c18-13-5-3-12(4-6-13)15-10-21-22-16(15)17(24)23-20-9-11-1-7-14(19)8-2-11/h1-9,15,21H,10H2,(H,23,24)/b20-9+. The molecule has 0 saturated carbocycles. The Kier molecular flexibility index (Phi) is 4.86. The first kappa shape index (κ1) is 16.1. The van der Waals surface area contributed by atoms with E-state index in [1.54, 1.807) is 24.3 Å². The molecule has 24 heavy (non-hydrogen) atoms. The molecule has 0 radical (unpaired) electrons. The number of nitrogens with zero attached hydrogens (tertiary/aromatic N) is 2. The summed E-state index contributed by atoms with van der Waals surface area (Å²) < 4.78 is 12.8. The van der Waals surface area contributed by atoms with Crippen LogP contribution in [0.4, 0.5) is 4.39 Å². The van der Waals surface area contributed by atoms with Gasteiger partial charge in [-0.1, -0.05) is 35.9 Å². The molecule has 1 aliphatic rings. The first-order chi connectivity index (χ1) is 11.6. The third-order valence-corrected chi connectivity index (χ3v) is 3.83. The molecule has 0 aromatic heterocycles. The smallest absolute Gasteiger partial charge is 0.288 e. The van der Waals surface area contributed by atoms with Crippen LogP contribution in [0.25, 0.3) is 0 Å². The van der Waals surface area contributed by atoms with E-state index in [1.165, 1.54) is 18.3 Å². The molecule has 0 aliphatic carbocycles. The summed E-state index contributed by atoms with van der Waals surface area (Å²) in [5, 5.41) is 8.57. The van der Waals surface area contributed by atoms with Crippen molar-refractivity contribution in [2.24, 2.45) is 10.2 Å². The van der Waals surface area contributed by atoms with Gasteiger partial charge in [-0.15, -0.1) is 0 Å². The maximum Gasteiger partial charge on any atom is 0.288 e. The minimum Gasteiger partial charge on any atom is -0.309 e. The van der Waals surface area contributed by atoms with Crippen molar-refractivity contribution >= 4 is 29.4 Å². The third-order valence-electron chi connectivity index (χ3n) is 3.58. The van der Waals surface area contributed by atoms with Gasteiger partial charge >= 0.3 is 0 Å². The number of benzene rings is 2. The molecule has 3 rings (SSSR count). The normalized spacial score (nSPS) is 16.8. The van der Waals surface area contributed by atoms with Crippen LogP contribution in [0.3, 0.4) is 0 Å². The predicted octanol–water partition coefficient (Wildman–Crippen LogP) is 2.67. The van der Waals surface area contributed by atoms with Crippen molar-refractivity contribution in [3.05, 3.63) is 70.5 Å². The molecule has 122 valence electrons. The Bertz CT molecular complexity index is 787. The second kappa shape index (κ2) is 7.23. The number of nitrogens with one attached hydrogen (secondary N) is 2. The molecule has 1 atom stereocenters. The maximum atomic E-state index is 12.8. The van der Waals surface area contributed by atoms with E-state index < -0.39 is 5.91 Å². The minimum atomic E-state index is -0.390. The van der Waals surface area contributed by atoms with Crippen molar-refractivity contribution < 1.29 is 9.18 Å². The van der Waals surface area contributed by atoms with Gasteiger partial charge in [0.05, 0.1) is 12.1 Å². The Labute approximate surface area is 143 Å². The first-order valence-corrected chi connectivity index (χ1v) is 7.66. The number of hydrogen-bond acceptors (Lipinski definition) is 4. The van der Waals surface area contributed by atoms with Crippen LogP contribution in [0.5, 0.6) is 0 Å². The van der Waals surface area contributed by atoms with Gasteiger partial charge in [0, 0.05) is 11.6 Å². The quantitative estimate of drug-likeness (QED) is 0.661. The van der Waals surface area contributed by atoms with Crippen LogP contribution < -0.4 is 10.9 Å². The zero-order valence-electron chi connectivity index (χ0n) is 12.5. The maximum absolute atomic E-state index is 12.8. The van der Waals surface area contributed by atoms with E-state index in [0.29, 0.717) is 22.8 Å². The Morgan fingerprint density at radius 1 is 1.25 bits per heavy atom. The third kappa shape index (κ3) is 3.78. The van der Waals surface area contributed by atoms with Crippen molar-refractivity contribution in [3.8, 4) is 0 Å². The van der Waals surface area contributed by atoms with E-state index in [4.69, 9.17) is 11.6 Å². The molecular formula is C17H14ClFN4O. The number of carbonyl (C=O) groups is 1. The number of halogens is 2. The number of carbonyl (C=O) groups excluding carboxylic acids is 1. The molecule has 5 nitrogen and oxygen atoms in total. The number of amides is 1. The van der Waals surface area contributed by atoms with Crippen LogP contribution in [0.1, 0.15) is 17.0 Å². The highest BCUT2D eigenvalue weighted by Crippen LogP contribution is 2.22. The zero-order chi connectivity index (χ0) is 16.9. The average Bonchev–Trinajstić information content (AvgIpc) is 3.07. The van der Waals surface area contributed by atoms with Gasteiger partial charge in [0.2, 0.25) is 0 Å². The lowest BCUT2D eigenvalue weighted by Crippen LogP contribution is -2.30. The van der Waals surface area contributed by atoms with Gasteiger partial charge in [0.25, 0.3) is 5.91 Å². The molecule has 0 saturated heterocycles. The van der Waals surface area contributed by atoms with Crippen molar-refractivity contribution in [2.45, 2.75) is 5.92 Å². The largest absolute Gasteiger partial charge is 0.309 e. The zero-order valence-corrected chi connectivity index (χ0v) is 13.3. The van der Waals surface area contributed by atoms with Gasteiger partial charge in [0.15, 0.2) is 0 Å². The molecule has 1 heterocycles. The highest BCUT2D eigenvalue weighted by atomic mass is 35.5. The summed E-state index contributed by atoms with van der Waals surface area (Å²) in [5.41, 5.74) is 7.25. The van der Waals surface area contributed by atoms with E-state index >= 15 is 0 Å². The summed E-state index contributed by atoms with van der Waals surface area (Å²) in [6.45, 7) is 0.534. The molecule has 1 aliphatic heterocycles. The summed E-state index contributed by atoms with van der Waals surface area (Å²) in [7, 11) is 0. The lowest BCUT2D eigenvalue weighted by molar-refractivity contribution is -0.114. The van der Waals surface area contributed by atoms with Gasteiger partial charge in [0.1, 0.15) is 11.5 Å². The van der Waals surface area contributed by atoms with Crippen LogP contribution in [-0.2, 0) is 4.79 Å². The second-order valence-corrected chi connectivity index (χ2v) is 5.65. The molecule has 0 bridgehead atoms. The number of hydrogen-bond donors (Lipinski definition) is 2. The lowest BCUT2D eigenvalue weighted by Gasteiger charge is -2.11. The van der Waals surface area contributed by atoms with Crippen LogP contribution in [0.15, 0.2) is 58.7 Å². The molecule has 1 unspecified atom stereocenters. The topological polar surface area (TPSA) is 65.8 Å². The highest BCUT2D eigenvalue weighted by Gasteiger charge is 2.28. The molecule has 2 aromatic carbocycles. The summed E-state index contributed by atoms with van der Waals surface area (Å²) in [4.78, 5) is 12.3. The van der Waals surface area contributed by atoms with Crippen molar-refractivity contribution in [3.63, 3.8) is 0 Å². The minimum absolute atomic E-state index is 0.164. The first-order valence-electron chi connectivity index (χ1n) is 7.28. The van der Waals surface area contributed by atoms with Crippen LogP contribution in [0.2, 0.25) is 5.02 Å². The van der Waals surface area contributed by atoms with Gasteiger partial charge in [-0.2, -0.15) is 10.2 Å². The molecule has 2 aromatic rings. The molecule has 0 fully saturated rings. The van der Waals surface area contributed by atoms with E-state index in [-0.39, 0.29) is 11.7 Å². The monoisotopic (exact) mass is 344 g/mol.